The summed E-state index contributed by atoms with van der Waals surface area (Å²) in [6.07, 6.45) is 5.40. The molecule has 6 heteroatoms. The molecule has 1 aliphatic heterocycles. The molecule has 0 aliphatic carbocycles. The highest BCUT2D eigenvalue weighted by Crippen LogP contribution is 2.29. The van der Waals surface area contributed by atoms with Crippen LogP contribution in [0.4, 0.5) is 0 Å². The highest BCUT2D eigenvalue weighted by atomic mass is 16.2. The molecule has 1 saturated heterocycles. The zero-order chi connectivity index (χ0) is 15.6. The molecule has 3 rings (SSSR count). The Balaban J connectivity index is 1.99. The lowest BCUT2D eigenvalue weighted by Crippen LogP contribution is -2.58. The lowest BCUT2D eigenvalue weighted by Gasteiger charge is -2.36. The summed E-state index contributed by atoms with van der Waals surface area (Å²) in [6.45, 7) is 2.00. The number of carbonyl (C=O) groups is 1. The monoisotopic (exact) mass is 295 g/mol. The third kappa shape index (κ3) is 2.67. The van der Waals surface area contributed by atoms with Gasteiger partial charge >= 0.3 is 0 Å². The largest absolute Gasteiger partial charge is 0.346 e. The number of hydrogen-bond acceptors (Lipinski definition) is 4. The molecule has 112 valence electrons. The van der Waals surface area contributed by atoms with Gasteiger partial charge in [-0.2, -0.15) is 0 Å². The van der Waals surface area contributed by atoms with Gasteiger partial charge in [0.05, 0.1) is 12.0 Å². The van der Waals surface area contributed by atoms with Gasteiger partial charge < -0.3 is 5.32 Å². The molecule has 0 unspecified atom stereocenters. The van der Waals surface area contributed by atoms with Crippen LogP contribution in [0.25, 0.3) is 11.1 Å². The van der Waals surface area contributed by atoms with Crippen LogP contribution in [0.2, 0.25) is 0 Å². The second kappa shape index (κ2) is 5.55. The van der Waals surface area contributed by atoms with Gasteiger partial charge in [-0.25, -0.2) is 9.97 Å². The number of nitrogens with zero attached hydrogens (tertiary/aromatic N) is 3. The molecule has 22 heavy (non-hydrogen) atoms. The molecule has 2 aromatic rings. The van der Waals surface area contributed by atoms with Crippen LogP contribution in [0.3, 0.4) is 0 Å². The molecule has 1 aromatic carbocycles. The minimum Gasteiger partial charge on any atom is -0.346 e. The number of rotatable bonds is 2. The number of carbonyl (C=O) groups excluding carboxylic acids is 1. The van der Waals surface area contributed by atoms with Crippen molar-refractivity contribution in [3.8, 4) is 11.1 Å². The summed E-state index contributed by atoms with van der Waals surface area (Å²) < 4.78 is 0. The molecule has 1 aliphatic rings. The zero-order valence-electron chi connectivity index (χ0n) is 12.5. The third-order valence-electron chi connectivity index (χ3n) is 3.78. The number of aliphatic imine (C=N–C) groups is 1. The Kier molecular flexibility index (Phi) is 3.58. The highest BCUT2D eigenvalue weighted by molar-refractivity contribution is 6.00. The quantitative estimate of drug-likeness (QED) is 0.879. The summed E-state index contributed by atoms with van der Waals surface area (Å²) in [5, 5.41) is 6.01. The minimum absolute atomic E-state index is 0.0460. The molecule has 1 fully saturated rings. The first-order valence-corrected chi connectivity index (χ1v) is 7.01. The predicted molar refractivity (Wildman–Crippen MR) is 84.1 cm³/mol. The summed E-state index contributed by atoms with van der Waals surface area (Å²) in [5.41, 5.74) is 2.48. The second-order valence-electron chi connectivity index (χ2n) is 5.46. The van der Waals surface area contributed by atoms with Crippen molar-refractivity contribution in [1.82, 2.24) is 20.6 Å². The van der Waals surface area contributed by atoms with Crippen molar-refractivity contribution < 1.29 is 4.79 Å². The molecule has 1 atom stereocenters. The van der Waals surface area contributed by atoms with E-state index in [4.69, 9.17) is 0 Å². The number of nitrogens with one attached hydrogen (secondary N) is 2. The number of guanidine groups is 1. The van der Waals surface area contributed by atoms with Crippen molar-refractivity contribution in [3.63, 3.8) is 0 Å². The van der Waals surface area contributed by atoms with Gasteiger partial charge in [0.2, 0.25) is 5.91 Å². The van der Waals surface area contributed by atoms with Crippen molar-refractivity contribution in [3.05, 3.63) is 48.5 Å². The summed E-state index contributed by atoms with van der Waals surface area (Å²) in [4.78, 5) is 24.1. The van der Waals surface area contributed by atoms with E-state index < -0.39 is 5.54 Å². The lowest BCUT2D eigenvalue weighted by atomic mass is 9.85. The Morgan fingerprint density at radius 2 is 2.00 bits per heavy atom. The van der Waals surface area contributed by atoms with Crippen LogP contribution in [0.15, 0.2) is 48.0 Å². The maximum absolute atomic E-state index is 11.9. The first-order valence-electron chi connectivity index (χ1n) is 7.01. The summed E-state index contributed by atoms with van der Waals surface area (Å²) in [5.74, 6) is 0.447. The van der Waals surface area contributed by atoms with Crippen molar-refractivity contribution in [2.45, 2.75) is 18.9 Å². The van der Waals surface area contributed by atoms with Gasteiger partial charge in [-0.05, 0) is 24.1 Å². The summed E-state index contributed by atoms with van der Waals surface area (Å²) in [6, 6.07) is 8.03. The van der Waals surface area contributed by atoms with Gasteiger partial charge in [-0.3, -0.25) is 15.1 Å². The van der Waals surface area contributed by atoms with E-state index in [1.165, 1.54) is 6.33 Å². The van der Waals surface area contributed by atoms with Gasteiger partial charge in [-0.1, -0.05) is 18.2 Å². The molecule has 6 nitrogen and oxygen atoms in total. The Morgan fingerprint density at radius 1 is 1.23 bits per heavy atom. The van der Waals surface area contributed by atoms with Gasteiger partial charge in [0.25, 0.3) is 0 Å². The van der Waals surface area contributed by atoms with E-state index >= 15 is 0 Å². The van der Waals surface area contributed by atoms with Crippen molar-refractivity contribution in [2.75, 3.05) is 7.05 Å². The first-order chi connectivity index (χ1) is 10.6. The van der Waals surface area contributed by atoms with Crippen LogP contribution in [0, 0.1) is 0 Å². The molecule has 2 heterocycles. The number of hydrogen-bond donors (Lipinski definition) is 2. The molecule has 2 N–H and O–H groups in total. The van der Waals surface area contributed by atoms with E-state index in [9.17, 15) is 4.79 Å². The van der Waals surface area contributed by atoms with Crippen molar-refractivity contribution >= 4 is 11.9 Å². The van der Waals surface area contributed by atoms with Crippen molar-refractivity contribution in [2.24, 2.45) is 4.99 Å². The molecule has 0 spiro atoms. The molecular weight excluding hydrogens is 278 g/mol. The van der Waals surface area contributed by atoms with Crippen LogP contribution >= 0.6 is 0 Å². The van der Waals surface area contributed by atoms with Crippen LogP contribution < -0.4 is 10.6 Å². The molecule has 0 radical (unpaired) electrons. The topological polar surface area (TPSA) is 79.3 Å². The number of aromatic nitrogens is 2. The smallest absolute Gasteiger partial charge is 0.229 e. The summed E-state index contributed by atoms with van der Waals surface area (Å²) >= 11 is 0. The summed E-state index contributed by atoms with van der Waals surface area (Å²) in [7, 11) is 1.64. The van der Waals surface area contributed by atoms with Gasteiger partial charge in [-0.15, -0.1) is 0 Å². The molecule has 1 amide bonds. The first kappa shape index (κ1) is 14.2. The van der Waals surface area contributed by atoms with Gasteiger partial charge in [0.15, 0.2) is 5.96 Å². The van der Waals surface area contributed by atoms with Gasteiger partial charge in [0.1, 0.15) is 6.33 Å². The van der Waals surface area contributed by atoms with E-state index in [0.29, 0.717) is 12.4 Å². The fourth-order valence-corrected chi connectivity index (χ4v) is 2.61. The van der Waals surface area contributed by atoms with Crippen LogP contribution in [0.1, 0.15) is 18.9 Å². The van der Waals surface area contributed by atoms with E-state index in [0.717, 1.165) is 16.7 Å². The van der Waals surface area contributed by atoms with E-state index in [1.807, 2.05) is 25.1 Å². The van der Waals surface area contributed by atoms with E-state index in [2.05, 4.69) is 31.7 Å². The Labute approximate surface area is 128 Å². The SMILES string of the molecule is CN=C1NC(=O)C[C@@](C)(c2cccc(-c3cncnc3)c2)N1. The lowest BCUT2D eigenvalue weighted by molar-refractivity contribution is -0.121. The zero-order valence-corrected chi connectivity index (χ0v) is 12.5. The maximum atomic E-state index is 11.9. The highest BCUT2D eigenvalue weighted by Gasteiger charge is 2.35. The second-order valence-corrected chi connectivity index (χ2v) is 5.46. The van der Waals surface area contributed by atoms with Crippen LogP contribution in [-0.4, -0.2) is 28.9 Å². The average molecular weight is 295 g/mol. The van der Waals surface area contributed by atoms with Crippen molar-refractivity contribution in [1.29, 1.82) is 0 Å². The Hall–Kier alpha value is -2.76. The van der Waals surface area contributed by atoms with E-state index in [1.54, 1.807) is 19.4 Å². The standard InChI is InChI=1S/C16H17N5O/c1-16(7-14(22)20-15(17-2)21-16)13-5-3-4-11(6-13)12-8-18-10-19-9-12/h3-6,8-10H,7H2,1-2H3,(H2,17,20,21,22)/t16-/m0/s1. The fraction of sp³-hybridized carbons (Fsp3) is 0.250. The normalized spacial score (nSPS) is 23.0. The maximum Gasteiger partial charge on any atom is 0.229 e. The van der Waals surface area contributed by atoms with Crippen LogP contribution in [0.5, 0.6) is 0 Å². The van der Waals surface area contributed by atoms with E-state index in [-0.39, 0.29) is 5.91 Å². The average Bonchev–Trinajstić information content (AvgIpc) is 2.55. The van der Waals surface area contributed by atoms with Gasteiger partial charge in [0, 0.05) is 25.0 Å². The Bertz CT molecular complexity index is 728. The molecule has 0 bridgehead atoms. The minimum atomic E-state index is -0.497. The Morgan fingerprint density at radius 3 is 2.73 bits per heavy atom. The fourth-order valence-electron chi connectivity index (χ4n) is 2.61. The molecule has 0 saturated carbocycles. The molecular formula is C16H17N5O. The number of benzene rings is 1. The van der Waals surface area contributed by atoms with Crippen LogP contribution in [-0.2, 0) is 10.3 Å². The third-order valence-corrected chi connectivity index (χ3v) is 3.78. The predicted octanol–water partition coefficient (Wildman–Crippen LogP) is 1.45. The number of amides is 1. The molecule has 1 aromatic heterocycles.